The van der Waals surface area contributed by atoms with Gasteiger partial charge in [-0.05, 0) is 33.6 Å². The van der Waals surface area contributed by atoms with E-state index in [1.165, 1.54) is 0 Å². The van der Waals surface area contributed by atoms with Crippen LogP contribution in [-0.4, -0.2) is 40.4 Å². The van der Waals surface area contributed by atoms with Crippen molar-refractivity contribution in [3.63, 3.8) is 0 Å². The van der Waals surface area contributed by atoms with Crippen LogP contribution in [0.25, 0.3) is 0 Å². The predicted octanol–water partition coefficient (Wildman–Crippen LogP) is 1.38. The molecule has 1 aliphatic carbocycles. The van der Waals surface area contributed by atoms with Crippen LogP contribution in [-0.2, 0) is 4.74 Å². The average molecular weight is 213 g/mol. The van der Waals surface area contributed by atoms with Gasteiger partial charge < -0.3 is 14.7 Å². The maximum Gasteiger partial charge on any atom is 0.410 e. The fourth-order valence-corrected chi connectivity index (χ4v) is 2.40. The van der Waals surface area contributed by atoms with Crippen molar-refractivity contribution in [2.45, 2.75) is 51.4 Å². The molecule has 0 aromatic heterocycles. The number of rotatable bonds is 0. The van der Waals surface area contributed by atoms with E-state index in [0.29, 0.717) is 6.42 Å². The fourth-order valence-electron chi connectivity index (χ4n) is 2.40. The minimum absolute atomic E-state index is 0.206. The summed E-state index contributed by atoms with van der Waals surface area (Å²) in [6.45, 7) is 6.33. The second-order valence-electron chi connectivity index (χ2n) is 5.50. The second-order valence-corrected chi connectivity index (χ2v) is 5.50. The molecular weight excluding hydrogens is 194 g/mol. The molecule has 15 heavy (non-hydrogen) atoms. The summed E-state index contributed by atoms with van der Waals surface area (Å²) in [5.41, 5.74) is -0.433. The van der Waals surface area contributed by atoms with Gasteiger partial charge in [0.05, 0.1) is 6.10 Å². The molecule has 4 nitrogen and oxygen atoms in total. The number of hydrogen-bond acceptors (Lipinski definition) is 3. The molecule has 2 rings (SSSR count). The molecule has 0 unspecified atom stereocenters. The van der Waals surface area contributed by atoms with Crippen LogP contribution in [0.4, 0.5) is 4.79 Å². The maximum absolute atomic E-state index is 11.8. The van der Waals surface area contributed by atoms with Crippen molar-refractivity contribution in [3.8, 4) is 0 Å². The largest absolute Gasteiger partial charge is 0.444 e. The summed E-state index contributed by atoms with van der Waals surface area (Å²) in [6.07, 6.45) is 1.18. The van der Waals surface area contributed by atoms with Gasteiger partial charge in [0.1, 0.15) is 5.60 Å². The van der Waals surface area contributed by atoms with Gasteiger partial charge in [-0.1, -0.05) is 0 Å². The van der Waals surface area contributed by atoms with Crippen molar-refractivity contribution in [3.05, 3.63) is 0 Å². The molecule has 0 aromatic rings. The molecule has 1 aliphatic heterocycles. The van der Waals surface area contributed by atoms with Crippen molar-refractivity contribution in [1.82, 2.24) is 4.90 Å². The number of aliphatic hydroxyl groups excluding tert-OH is 1. The third-order valence-electron chi connectivity index (χ3n) is 3.20. The van der Waals surface area contributed by atoms with Gasteiger partial charge >= 0.3 is 6.09 Å². The molecule has 4 heteroatoms. The monoisotopic (exact) mass is 213 g/mol. The molecule has 0 radical (unpaired) electrons. The zero-order chi connectivity index (χ0) is 11.2. The van der Waals surface area contributed by atoms with Crippen LogP contribution in [0.2, 0.25) is 0 Å². The molecule has 1 amide bonds. The van der Waals surface area contributed by atoms with Crippen LogP contribution in [0.15, 0.2) is 0 Å². The Morgan fingerprint density at radius 3 is 2.60 bits per heavy atom. The maximum atomic E-state index is 11.8. The normalized spacial score (nSPS) is 34.7. The summed E-state index contributed by atoms with van der Waals surface area (Å²) in [5.74, 6) is 0.289. The zero-order valence-electron chi connectivity index (χ0n) is 9.56. The molecule has 1 saturated heterocycles. The smallest absolute Gasteiger partial charge is 0.410 e. The van der Waals surface area contributed by atoms with Gasteiger partial charge in [0, 0.05) is 18.5 Å². The molecule has 0 aromatic carbocycles. The van der Waals surface area contributed by atoms with E-state index >= 15 is 0 Å². The highest BCUT2D eigenvalue weighted by Gasteiger charge is 2.50. The molecule has 1 heterocycles. The van der Waals surface area contributed by atoms with E-state index in [0.717, 1.165) is 13.0 Å². The average Bonchev–Trinajstić information content (AvgIpc) is 2.38. The number of carbonyl (C=O) groups excluding carboxylic acids is 1. The van der Waals surface area contributed by atoms with E-state index < -0.39 is 5.60 Å². The number of nitrogens with zero attached hydrogens (tertiary/aromatic N) is 1. The lowest BCUT2D eigenvalue weighted by molar-refractivity contribution is -0.0330. The van der Waals surface area contributed by atoms with E-state index in [9.17, 15) is 9.90 Å². The number of carbonyl (C=O) groups is 1. The molecular formula is C11H19NO3. The Kier molecular flexibility index (Phi) is 2.41. The Bertz CT molecular complexity index is 271. The molecule has 1 N–H and O–H groups in total. The van der Waals surface area contributed by atoms with Crippen molar-refractivity contribution >= 4 is 6.09 Å². The fraction of sp³-hybridized carbons (Fsp3) is 0.909. The van der Waals surface area contributed by atoms with E-state index in [2.05, 4.69) is 0 Å². The lowest BCUT2D eigenvalue weighted by atomic mass is 9.77. The molecule has 2 aliphatic rings. The molecule has 0 spiro atoms. The van der Waals surface area contributed by atoms with E-state index in [1.807, 2.05) is 20.8 Å². The number of likely N-dealkylation sites (tertiary alicyclic amines) is 1. The Morgan fingerprint density at radius 1 is 1.47 bits per heavy atom. The Morgan fingerprint density at radius 2 is 2.13 bits per heavy atom. The third kappa shape index (κ3) is 1.95. The SMILES string of the molecule is CC(C)(C)OC(=O)N1CC[C@@H]2[C@@H](O)C[C@@H]21. The first-order valence-electron chi connectivity index (χ1n) is 5.56. The highest BCUT2D eigenvalue weighted by atomic mass is 16.6. The number of hydrogen-bond donors (Lipinski definition) is 1. The van der Waals surface area contributed by atoms with Gasteiger partial charge in [-0.25, -0.2) is 4.79 Å². The lowest BCUT2D eigenvalue weighted by Crippen LogP contribution is -2.51. The lowest BCUT2D eigenvalue weighted by Gasteiger charge is -2.40. The van der Waals surface area contributed by atoms with Crippen molar-refractivity contribution < 1.29 is 14.6 Å². The zero-order valence-corrected chi connectivity index (χ0v) is 9.56. The summed E-state index contributed by atoms with van der Waals surface area (Å²) in [6, 6.07) is 0.217. The molecule has 3 atom stereocenters. The first-order chi connectivity index (χ1) is 6.88. The summed E-state index contributed by atoms with van der Waals surface area (Å²) in [7, 11) is 0. The summed E-state index contributed by atoms with van der Waals surface area (Å²) in [5, 5.41) is 9.47. The summed E-state index contributed by atoms with van der Waals surface area (Å²) in [4.78, 5) is 13.5. The van der Waals surface area contributed by atoms with Crippen LogP contribution >= 0.6 is 0 Å². The topological polar surface area (TPSA) is 49.8 Å². The Hall–Kier alpha value is -0.770. The van der Waals surface area contributed by atoms with Crippen LogP contribution < -0.4 is 0 Å². The molecule has 86 valence electrons. The first kappa shape index (κ1) is 10.7. The second kappa shape index (κ2) is 3.37. The highest BCUT2D eigenvalue weighted by Crippen LogP contribution is 2.41. The minimum Gasteiger partial charge on any atom is -0.444 e. The quantitative estimate of drug-likeness (QED) is 0.661. The van der Waals surface area contributed by atoms with Gasteiger partial charge in [0.15, 0.2) is 0 Å². The number of fused-ring (bicyclic) bond motifs is 1. The van der Waals surface area contributed by atoms with Crippen molar-refractivity contribution in [1.29, 1.82) is 0 Å². The van der Waals surface area contributed by atoms with Crippen LogP contribution in [0.3, 0.4) is 0 Å². The Labute approximate surface area is 90.2 Å². The van der Waals surface area contributed by atoms with Gasteiger partial charge in [0.2, 0.25) is 0 Å². The third-order valence-corrected chi connectivity index (χ3v) is 3.20. The van der Waals surface area contributed by atoms with Gasteiger partial charge in [-0.15, -0.1) is 0 Å². The van der Waals surface area contributed by atoms with E-state index in [1.54, 1.807) is 4.90 Å². The summed E-state index contributed by atoms with van der Waals surface area (Å²) < 4.78 is 5.31. The highest BCUT2D eigenvalue weighted by molar-refractivity contribution is 5.69. The first-order valence-corrected chi connectivity index (χ1v) is 5.56. The van der Waals surface area contributed by atoms with Crippen LogP contribution in [0.1, 0.15) is 33.6 Å². The number of ether oxygens (including phenoxy) is 1. The van der Waals surface area contributed by atoms with E-state index in [-0.39, 0.29) is 24.2 Å². The van der Waals surface area contributed by atoms with Crippen molar-refractivity contribution in [2.24, 2.45) is 5.92 Å². The molecule has 0 bridgehead atoms. The Balaban J connectivity index is 1.93. The standard InChI is InChI=1S/C11H19NO3/c1-11(2,3)15-10(14)12-5-4-7-8(12)6-9(7)13/h7-9,13H,4-6H2,1-3H3/t7-,8-,9-/m0/s1. The number of aliphatic hydroxyl groups is 1. The van der Waals surface area contributed by atoms with Gasteiger partial charge in [0.25, 0.3) is 0 Å². The summed E-state index contributed by atoms with van der Waals surface area (Å²) >= 11 is 0. The molecule has 2 fully saturated rings. The van der Waals surface area contributed by atoms with Crippen LogP contribution in [0.5, 0.6) is 0 Å². The molecule has 1 saturated carbocycles. The van der Waals surface area contributed by atoms with Crippen molar-refractivity contribution in [2.75, 3.05) is 6.54 Å². The van der Waals surface area contributed by atoms with Crippen LogP contribution in [0, 0.1) is 5.92 Å². The van der Waals surface area contributed by atoms with Gasteiger partial charge in [-0.2, -0.15) is 0 Å². The van der Waals surface area contributed by atoms with E-state index in [4.69, 9.17) is 4.74 Å². The minimum atomic E-state index is -0.433. The predicted molar refractivity (Wildman–Crippen MR) is 55.5 cm³/mol. The van der Waals surface area contributed by atoms with Gasteiger partial charge in [-0.3, -0.25) is 0 Å². The number of amides is 1.